The van der Waals surface area contributed by atoms with E-state index in [0.29, 0.717) is 10.2 Å². The molecule has 92 valence electrons. The van der Waals surface area contributed by atoms with Gasteiger partial charge in [-0.05, 0) is 12.1 Å². The van der Waals surface area contributed by atoms with Crippen molar-refractivity contribution in [2.24, 2.45) is 5.73 Å². The lowest BCUT2D eigenvalue weighted by Crippen LogP contribution is -2.29. The number of benzene rings is 1. The zero-order valence-corrected chi connectivity index (χ0v) is 10.4. The number of thiazole rings is 1. The summed E-state index contributed by atoms with van der Waals surface area (Å²) >= 11 is 0.878. The van der Waals surface area contributed by atoms with Gasteiger partial charge in [0.15, 0.2) is 0 Å². The van der Waals surface area contributed by atoms with Gasteiger partial charge in [0.2, 0.25) is 10.0 Å². The van der Waals surface area contributed by atoms with E-state index in [2.05, 4.69) is 9.71 Å². The number of sulfonamides is 1. The number of hydrogen-bond donors (Lipinski definition) is 3. The minimum absolute atomic E-state index is 0.104. The minimum atomic E-state index is -3.61. The van der Waals surface area contributed by atoms with Crippen molar-refractivity contribution in [3.63, 3.8) is 0 Å². The van der Waals surface area contributed by atoms with Gasteiger partial charge in [0, 0.05) is 13.1 Å². The zero-order valence-electron chi connectivity index (χ0n) is 8.76. The lowest BCUT2D eigenvalue weighted by molar-refractivity contribution is 0.583. The Balaban J connectivity index is 2.59. The Morgan fingerprint density at radius 2 is 2.18 bits per heavy atom. The molecule has 0 atom stereocenters. The first-order valence-corrected chi connectivity index (χ1v) is 7.16. The Bertz CT molecular complexity index is 687. The number of nitrogens with two attached hydrogens (primary N) is 1. The van der Waals surface area contributed by atoms with Gasteiger partial charge in [-0.15, -0.1) is 0 Å². The summed E-state index contributed by atoms with van der Waals surface area (Å²) in [7, 11) is -3.61. The Kier molecular flexibility index (Phi) is 3.29. The van der Waals surface area contributed by atoms with E-state index in [1.54, 1.807) is 12.1 Å². The fraction of sp³-hybridized carbons (Fsp3) is 0.222. The second kappa shape index (κ2) is 4.57. The van der Waals surface area contributed by atoms with Crippen LogP contribution in [0.15, 0.2) is 27.9 Å². The molecule has 0 radical (unpaired) electrons. The Morgan fingerprint density at radius 3 is 2.88 bits per heavy atom. The average molecular weight is 273 g/mol. The van der Waals surface area contributed by atoms with Crippen molar-refractivity contribution in [3.8, 4) is 0 Å². The first-order valence-electron chi connectivity index (χ1n) is 4.86. The molecule has 0 amide bonds. The van der Waals surface area contributed by atoms with Gasteiger partial charge in [0.25, 0.3) is 0 Å². The fourth-order valence-electron chi connectivity index (χ4n) is 1.43. The Morgan fingerprint density at radius 1 is 1.41 bits per heavy atom. The highest BCUT2D eigenvalue weighted by atomic mass is 32.2. The van der Waals surface area contributed by atoms with Crippen LogP contribution < -0.4 is 15.3 Å². The molecule has 0 saturated carbocycles. The van der Waals surface area contributed by atoms with Crippen molar-refractivity contribution in [3.05, 3.63) is 27.9 Å². The SMILES string of the molecule is NCCNS(=O)(=O)c1cccc2[nH]c(=O)sc12. The van der Waals surface area contributed by atoms with Crippen molar-refractivity contribution in [2.45, 2.75) is 4.90 Å². The lowest BCUT2D eigenvalue weighted by Gasteiger charge is -2.05. The van der Waals surface area contributed by atoms with Crippen LogP contribution in [0.1, 0.15) is 0 Å². The van der Waals surface area contributed by atoms with E-state index < -0.39 is 10.0 Å². The average Bonchev–Trinajstić information content (AvgIpc) is 2.65. The Hall–Kier alpha value is -1.22. The first-order chi connectivity index (χ1) is 8.04. The van der Waals surface area contributed by atoms with Crippen LogP contribution in [0.2, 0.25) is 0 Å². The third kappa shape index (κ3) is 2.39. The molecular weight excluding hydrogens is 262 g/mol. The summed E-state index contributed by atoms with van der Waals surface area (Å²) in [6.45, 7) is 0.386. The maximum absolute atomic E-state index is 11.9. The predicted octanol–water partition coefficient (Wildman–Crippen LogP) is -0.173. The number of hydrogen-bond acceptors (Lipinski definition) is 5. The van der Waals surface area contributed by atoms with Gasteiger partial charge in [-0.25, -0.2) is 13.1 Å². The van der Waals surface area contributed by atoms with Gasteiger partial charge in [0.05, 0.1) is 10.2 Å². The van der Waals surface area contributed by atoms with Crippen molar-refractivity contribution in [1.29, 1.82) is 0 Å². The molecule has 0 aliphatic rings. The van der Waals surface area contributed by atoms with Gasteiger partial charge in [0.1, 0.15) is 4.90 Å². The van der Waals surface area contributed by atoms with Crippen LogP contribution in [0.25, 0.3) is 10.2 Å². The summed E-state index contributed by atoms with van der Waals surface area (Å²) in [6, 6.07) is 4.71. The minimum Gasteiger partial charge on any atom is -0.329 e. The van der Waals surface area contributed by atoms with Crippen molar-refractivity contribution in [1.82, 2.24) is 9.71 Å². The summed E-state index contributed by atoms with van der Waals surface area (Å²) in [6.07, 6.45) is 0. The van der Waals surface area contributed by atoms with E-state index in [-0.39, 0.29) is 22.9 Å². The zero-order chi connectivity index (χ0) is 12.5. The third-order valence-electron chi connectivity index (χ3n) is 2.14. The quantitative estimate of drug-likeness (QED) is 0.719. The number of nitrogens with one attached hydrogen (secondary N) is 2. The van der Waals surface area contributed by atoms with E-state index in [4.69, 9.17) is 5.73 Å². The number of H-pyrrole nitrogens is 1. The number of fused-ring (bicyclic) bond motifs is 1. The molecule has 0 unspecified atom stereocenters. The molecule has 1 aromatic heterocycles. The monoisotopic (exact) mass is 273 g/mol. The molecule has 0 spiro atoms. The largest absolute Gasteiger partial charge is 0.329 e. The second-order valence-corrected chi connectivity index (χ2v) is 6.05. The molecule has 0 bridgehead atoms. The molecule has 4 N–H and O–H groups in total. The molecule has 0 aliphatic carbocycles. The van der Waals surface area contributed by atoms with Crippen LogP contribution in [0.5, 0.6) is 0 Å². The predicted molar refractivity (Wildman–Crippen MR) is 66.7 cm³/mol. The van der Waals surface area contributed by atoms with E-state index in [9.17, 15) is 13.2 Å². The maximum atomic E-state index is 11.9. The highest BCUT2D eigenvalue weighted by Gasteiger charge is 2.18. The van der Waals surface area contributed by atoms with E-state index >= 15 is 0 Å². The molecule has 1 aromatic carbocycles. The molecule has 0 saturated heterocycles. The van der Waals surface area contributed by atoms with E-state index in [0.717, 1.165) is 11.3 Å². The summed E-state index contributed by atoms with van der Waals surface area (Å²) in [5, 5.41) is 0. The molecule has 0 fully saturated rings. The molecule has 8 heteroatoms. The van der Waals surface area contributed by atoms with Gasteiger partial charge in [-0.2, -0.15) is 0 Å². The van der Waals surface area contributed by atoms with Crippen LogP contribution in [-0.4, -0.2) is 26.5 Å². The Labute approximate surface area is 102 Å². The smallest absolute Gasteiger partial charge is 0.305 e. The van der Waals surface area contributed by atoms with Crippen LogP contribution in [0, 0.1) is 0 Å². The first kappa shape index (κ1) is 12.2. The summed E-state index contributed by atoms with van der Waals surface area (Å²) in [5.41, 5.74) is 5.77. The molecule has 17 heavy (non-hydrogen) atoms. The van der Waals surface area contributed by atoms with Gasteiger partial charge >= 0.3 is 4.87 Å². The van der Waals surface area contributed by atoms with E-state index in [1.165, 1.54) is 6.07 Å². The van der Waals surface area contributed by atoms with Crippen LogP contribution >= 0.6 is 11.3 Å². The molecular formula is C9H11N3O3S2. The molecule has 2 rings (SSSR count). The second-order valence-electron chi connectivity index (χ2n) is 3.33. The number of rotatable bonds is 4. The van der Waals surface area contributed by atoms with Crippen molar-refractivity contribution >= 4 is 31.6 Å². The van der Waals surface area contributed by atoms with Crippen LogP contribution in [-0.2, 0) is 10.0 Å². The van der Waals surface area contributed by atoms with Crippen LogP contribution in [0.3, 0.4) is 0 Å². The van der Waals surface area contributed by atoms with Gasteiger partial charge in [-0.3, -0.25) is 4.79 Å². The van der Waals surface area contributed by atoms with Crippen LogP contribution in [0.4, 0.5) is 0 Å². The third-order valence-corrected chi connectivity index (χ3v) is 4.70. The standard InChI is InChI=1S/C9H11N3O3S2/c10-4-5-11-17(14,15)7-3-1-2-6-8(7)16-9(13)12-6/h1-3,11H,4-5,10H2,(H,12,13). The summed E-state index contributed by atoms with van der Waals surface area (Å²) < 4.78 is 26.7. The summed E-state index contributed by atoms with van der Waals surface area (Å²) in [5.74, 6) is 0. The lowest BCUT2D eigenvalue weighted by atomic mass is 10.3. The van der Waals surface area contributed by atoms with E-state index in [1.807, 2.05) is 0 Å². The normalized spacial score (nSPS) is 12.1. The molecule has 6 nitrogen and oxygen atoms in total. The van der Waals surface area contributed by atoms with Crippen molar-refractivity contribution in [2.75, 3.05) is 13.1 Å². The molecule has 1 heterocycles. The van der Waals surface area contributed by atoms with Gasteiger partial charge in [-0.1, -0.05) is 17.4 Å². The number of aromatic amines is 1. The summed E-state index contributed by atoms with van der Waals surface area (Å²) in [4.78, 5) is 13.6. The maximum Gasteiger partial charge on any atom is 0.305 e. The highest BCUT2D eigenvalue weighted by Crippen LogP contribution is 2.23. The molecule has 2 aromatic rings. The highest BCUT2D eigenvalue weighted by molar-refractivity contribution is 7.90. The van der Waals surface area contributed by atoms with Gasteiger partial charge < -0.3 is 10.7 Å². The number of aromatic nitrogens is 1. The molecule has 0 aliphatic heterocycles. The fourth-order valence-corrected chi connectivity index (χ4v) is 3.78. The topological polar surface area (TPSA) is 105 Å². The van der Waals surface area contributed by atoms with Crippen molar-refractivity contribution < 1.29 is 8.42 Å².